The predicted molar refractivity (Wildman–Crippen MR) is 167 cm³/mol. The monoisotopic (exact) mass is 594 g/mol. The van der Waals surface area contributed by atoms with Gasteiger partial charge in [0.05, 0.1) is 36.4 Å². The Hall–Kier alpha value is -4.26. The molecule has 0 saturated heterocycles. The molecular weight excluding hydrogens is 554 g/mol. The molecule has 0 spiro atoms. The molecular formula is C30H40N7O4S+. The minimum atomic E-state index is -1.36. The molecule has 11 nitrogen and oxygen atoms in total. The maximum Gasteiger partial charge on any atom is 0.307 e. The predicted octanol–water partition coefficient (Wildman–Crippen LogP) is 3.29. The molecule has 2 atom stereocenters. The van der Waals surface area contributed by atoms with Crippen molar-refractivity contribution in [3.05, 3.63) is 89.0 Å². The van der Waals surface area contributed by atoms with Crippen LogP contribution in [0, 0.1) is 6.92 Å². The Labute approximate surface area is 249 Å². The SMILES string of the molecule is COc1c(NC(=O)c2ccc(C)c(N(N)/C=C(\[NH3+])C(=O)NC(C)c3cccnc3)c2)cc(C(C)(C)C)cc1NS(C)=O. The number of ether oxygens (including phenoxy) is 1. The smallest absolute Gasteiger partial charge is 0.307 e. The van der Waals surface area contributed by atoms with Gasteiger partial charge < -0.3 is 25.8 Å². The third kappa shape index (κ3) is 8.15. The Bertz CT molecular complexity index is 1500. The van der Waals surface area contributed by atoms with Gasteiger partial charge in [-0.15, -0.1) is 0 Å². The van der Waals surface area contributed by atoms with Crippen LogP contribution in [0.3, 0.4) is 0 Å². The molecule has 2 unspecified atom stereocenters. The van der Waals surface area contributed by atoms with E-state index in [1.165, 1.54) is 24.6 Å². The molecule has 0 radical (unpaired) electrons. The summed E-state index contributed by atoms with van der Waals surface area (Å²) in [6, 6.07) is 12.2. The number of carbonyl (C=O) groups is 2. The number of nitrogens with zero attached hydrogens (tertiary/aromatic N) is 2. The molecule has 1 aromatic heterocycles. The number of hydrazine groups is 1. The van der Waals surface area contributed by atoms with Gasteiger partial charge in [0.15, 0.2) is 5.75 Å². The summed E-state index contributed by atoms with van der Waals surface area (Å²) in [6.45, 7) is 9.82. The average Bonchev–Trinajstić information content (AvgIpc) is 2.92. The van der Waals surface area contributed by atoms with Gasteiger partial charge in [0.2, 0.25) is 5.70 Å². The first kappa shape index (κ1) is 32.3. The van der Waals surface area contributed by atoms with Gasteiger partial charge in [-0.25, -0.2) is 10.1 Å². The lowest BCUT2D eigenvalue weighted by molar-refractivity contribution is -0.299. The number of amides is 2. The highest BCUT2D eigenvalue weighted by Gasteiger charge is 2.22. The number of anilines is 3. The number of aromatic nitrogens is 1. The van der Waals surface area contributed by atoms with Crippen molar-refractivity contribution < 1.29 is 24.3 Å². The third-order valence-corrected chi connectivity index (χ3v) is 7.04. The Morgan fingerprint density at radius 1 is 1.17 bits per heavy atom. The first-order valence-electron chi connectivity index (χ1n) is 13.2. The summed E-state index contributed by atoms with van der Waals surface area (Å²) in [5.41, 5.74) is 8.06. The third-order valence-electron chi connectivity index (χ3n) is 6.53. The standard InChI is InChI=1S/C30H39N7O4S/c1-18-10-11-20(13-26(18)37(32)17-23(31)29(39)34-19(2)21-9-8-12-33-16-21)28(38)35-24-14-22(30(3,4)5)15-25(27(24)41-6)36-42(7)40/h8-17,19,36H,31-32H2,1-7H3,(H,34,39)(H,35,38)/p+1/b23-17-. The van der Waals surface area contributed by atoms with E-state index >= 15 is 0 Å². The van der Waals surface area contributed by atoms with Crippen LogP contribution in [-0.4, -0.2) is 34.4 Å². The lowest BCUT2D eigenvalue weighted by Crippen LogP contribution is -2.55. The van der Waals surface area contributed by atoms with Crippen molar-refractivity contribution in [3.63, 3.8) is 0 Å². The summed E-state index contributed by atoms with van der Waals surface area (Å²) in [5, 5.41) is 7.07. The number of nitrogens with two attached hydrogens (primary N) is 1. The summed E-state index contributed by atoms with van der Waals surface area (Å²) in [4.78, 5) is 30.3. The summed E-state index contributed by atoms with van der Waals surface area (Å²) >= 11 is 0. The van der Waals surface area contributed by atoms with Crippen molar-refractivity contribution in [1.29, 1.82) is 0 Å². The van der Waals surface area contributed by atoms with Gasteiger partial charge in [0.1, 0.15) is 11.0 Å². The Balaban J connectivity index is 1.87. The molecule has 12 heteroatoms. The number of quaternary nitrogens is 1. The lowest BCUT2D eigenvalue weighted by atomic mass is 9.86. The quantitative estimate of drug-likeness (QED) is 0.136. The van der Waals surface area contributed by atoms with Crippen LogP contribution in [0.5, 0.6) is 5.75 Å². The highest BCUT2D eigenvalue weighted by molar-refractivity contribution is 7.85. The normalized spacial score (nSPS) is 13.1. The fraction of sp³-hybridized carbons (Fsp3) is 0.300. The topological polar surface area (TPSA) is 166 Å². The molecule has 2 aromatic carbocycles. The van der Waals surface area contributed by atoms with Crippen molar-refractivity contribution in [3.8, 4) is 5.75 Å². The van der Waals surface area contributed by atoms with Gasteiger partial charge in [0.25, 0.3) is 5.91 Å². The fourth-order valence-corrected chi connectivity index (χ4v) is 4.59. The average molecular weight is 595 g/mol. The number of rotatable bonds is 10. The van der Waals surface area contributed by atoms with Crippen LogP contribution in [0.25, 0.3) is 0 Å². The van der Waals surface area contributed by atoms with Gasteiger partial charge in [-0.2, -0.15) is 0 Å². The van der Waals surface area contributed by atoms with E-state index in [0.717, 1.165) is 16.7 Å². The van der Waals surface area contributed by atoms with Crippen LogP contribution in [0.1, 0.15) is 60.8 Å². The highest BCUT2D eigenvalue weighted by atomic mass is 32.2. The minimum Gasteiger partial charge on any atom is -0.492 e. The number of nitrogens with one attached hydrogen (secondary N) is 3. The molecule has 0 aliphatic carbocycles. The van der Waals surface area contributed by atoms with E-state index in [9.17, 15) is 13.8 Å². The Kier molecular flexibility index (Phi) is 10.4. The van der Waals surface area contributed by atoms with Crippen LogP contribution >= 0.6 is 0 Å². The molecule has 42 heavy (non-hydrogen) atoms. The molecule has 8 N–H and O–H groups in total. The van der Waals surface area contributed by atoms with E-state index in [0.29, 0.717) is 28.4 Å². The van der Waals surface area contributed by atoms with Crippen LogP contribution in [-0.2, 0) is 21.2 Å². The fourth-order valence-electron chi connectivity index (χ4n) is 4.13. The first-order valence-corrected chi connectivity index (χ1v) is 14.8. The molecule has 0 saturated carbocycles. The van der Waals surface area contributed by atoms with E-state index < -0.39 is 22.8 Å². The summed E-state index contributed by atoms with van der Waals surface area (Å²) in [7, 11) is 0.127. The molecule has 0 aliphatic rings. The largest absolute Gasteiger partial charge is 0.492 e. The highest BCUT2D eigenvalue weighted by Crippen LogP contribution is 2.39. The van der Waals surface area contributed by atoms with E-state index in [1.54, 1.807) is 36.7 Å². The number of hydrogen-bond donors (Lipinski definition) is 5. The zero-order valence-electron chi connectivity index (χ0n) is 25.1. The van der Waals surface area contributed by atoms with Crippen molar-refractivity contribution in [2.45, 2.75) is 46.1 Å². The van der Waals surface area contributed by atoms with Crippen LogP contribution in [0.15, 0.2) is 66.8 Å². The van der Waals surface area contributed by atoms with E-state index in [4.69, 9.17) is 10.6 Å². The molecule has 1 heterocycles. The van der Waals surface area contributed by atoms with Crippen molar-refractivity contribution in [1.82, 2.24) is 10.3 Å². The number of hydrogen-bond acceptors (Lipinski definition) is 7. The van der Waals surface area contributed by atoms with Crippen LogP contribution in [0.4, 0.5) is 17.1 Å². The number of pyridine rings is 1. The van der Waals surface area contributed by atoms with Gasteiger partial charge >= 0.3 is 5.91 Å². The maximum atomic E-state index is 13.4. The first-order chi connectivity index (χ1) is 19.7. The maximum absolute atomic E-state index is 13.4. The molecule has 0 fully saturated rings. The number of methoxy groups -OCH3 is 1. The molecule has 2 amide bonds. The van der Waals surface area contributed by atoms with Gasteiger partial charge in [-0.05, 0) is 66.3 Å². The molecule has 224 valence electrons. The molecule has 0 aliphatic heterocycles. The van der Waals surface area contributed by atoms with Crippen molar-refractivity contribution >= 4 is 39.9 Å². The van der Waals surface area contributed by atoms with Crippen molar-refractivity contribution in [2.24, 2.45) is 5.84 Å². The van der Waals surface area contributed by atoms with Crippen LogP contribution < -0.4 is 36.7 Å². The number of benzene rings is 2. The van der Waals surface area contributed by atoms with Gasteiger partial charge in [0, 0.05) is 24.2 Å². The zero-order chi connectivity index (χ0) is 31.2. The second-order valence-corrected chi connectivity index (χ2v) is 12.0. The summed E-state index contributed by atoms with van der Waals surface area (Å²) in [5.74, 6) is 5.88. The molecule has 3 rings (SSSR count). The molecule has 3 aromatic rings. The summed E-state index contributed by atoms with van der Waals surface area (Å²) < 4.78 is 20.5. The lowest BCUT2D eigenvalue weighted by Gasteiger charge is -2.24. The van der Waals surface area contributed by atoms with E-state index in [1.807, 2.05) is 52.8 Å². The van der Waals surface area contributed by atoms with E-state index in [-0.39, 0.29) is 17.2 Å². The summed E-state index contributed by atoms with van der Waals surface area (Å²) in [6.07, 6.45) is 6.28. The zero-order valence-corrected chi connectivity index (χ0v) is 25.9. The van der Waals surface area contributed by atoms with Gasteiger partial charge in [-0.1, -0.05) is 32.9 Å². The minimum absolute atomic E-state index is 0.138. The second kappa shape index (κ2) is 13.6. The second-order valence-electron chi connectivity index (χ2n) is 10.9. The Morgan fingerprint density at radius 3 is 2.45 bits per heavy atom. The van der Waals surface area contributed by atoms with Crippen LogP contribution in [0.2, 0.25) is 0 Å². The molecule has 0 bridgehead atoms. The Morgan fingerprint density at radius 2 is 1.86 bits per heavy atom. The number of carbonyl (C=O) groups excluding carboxylic acids is 2. The van der Waals surface area contributed by atoms with Crippen molar-refractivity contribution in [2.75, 3.05) is 28.4 Å². The van der Waals surface area contributed by atoms with E-state index in [2.05, 4.69) is 26.1 Å². The van der Waals surface area contributed by atoms with Gasteiger partial charge in [-0.3, -0.25) is 19.6 Å². The number of aryl methyl sites for hydroxylation is 1.